The quantitative estimate of drug-likeness (QED) is 0.543. The minimum atomic E-state index is -0.320. The van der Waals surface area contributed by atoms with E-state index in [1.807, 2.05) is 13.8 Å². The van der Waals surface area contributed by atoms with Gasteiger partial charge in [0.1, 0.15) is 6.10 Å². The molecule has 0 rings (SSSR count). The highest BCUT2D eigenvalue weighted by Crippen LogP contribution is 2.24. The Morgan fingerprint density at radius 1 is 1.00 bits per heavy atom. The van der Waals surface area contributed by atoms with E-state index in [4.69, 9.17) is 9.47 Å². The highest BCUT2D eigenvalue weighted by molar-refractivity contribution is 5.77. The summed E-state index contributed by atoms with van der Waals surface area (Å²) in [6.45, 7) is 15.1. The molecule has 0 saturated carbocycles. The number of carbonyl (C=O) groups is 2. The Morgan fingerprint density at radius 2 is 1.57 bits per heavy atom. The zero-order valence-electron chi connectivity index (χ0n) is 16.1. The normalized spacial score (nSPS) is 14.4. The predicted octanol–water partition coefficient (Wildman–Crippen LogP) is 4.75. The van der Waals surface area contributed by atoms with Gasteiger partial charge >= 0.3 is 11.9 Å². The number of hydrogen-bond acceptors (Lipinski definition) is 4. The van der Waals surface area contributed by atoms with Crippen LogP contribution in [0.25, 0.3) is 0 Å². The SMILES string of the molecule is CCCC(OC(=O)CCC(=O)OCC(C)CC(C)(C)C)C(C)C. The van der Waals surface area contributed by atoms with Crippen LogP contribution in [-0.2, 0) is 19.1 Å². The molecule has 0 aliphatic heterocycles. The molecular weight excluding hydrogens is 292 g/mol. The van der Waals surface area contributed by atoms with Crippen molar-refractivity contribution in [3.63, 3.8) is 0 Å². The Labute approximate surface area is 142 Å². The van der Waals surface area contributed by atoms with E-state index in [2.05, 4.69) is 34.6 Å². The van der Waals surface area contributed by atoms with Gasteiger partial charge in [0.2, 0.25) is 0 Å². The average molecular weight is 328 g/mol. The summed E-state index contributed by atoms with van der Waals surface area (Å²) in [5, 5.41) is 0. The molecule has 0 saturated heterocycles. The topological polar surface area (TPSA) is 52.6 Å². The highest BCUT2D eigenvalue weighted by atomic mass is 16.5. The van der Waals surface area contributed by atoms with Crippen molar-refractivity contribution in [3.05, 3.63) is 0 Å². The number of hydrogen-bond donors (Lipinski definition) is 0. The largest absolute Gasteiger partial charge is 0.465 e. The van der Waals surface area contributed by atoms with E-state index < -0.39 is 0 Å². The Kier molecular flexibility index (Phi) is 10.2. The van der Waals surface area contributed by atoms with Crippen LogP contribution in [0.2, 0.25) is 0 Å². The molecule has 0 fully saturated rings. The third kappa shape index (κ3) is 12.1. The molecule has 0 aliphatic carbocycles. The maximum Gasteiger partial charge on any atom is 0.306 e. The maximum absolute atomic E-state index is 11.8. The van der Waals surface area contributed by atoms with Gasteiger partial charge in [-0.1, -0.05) is 54.9 Å². The smallest absolute Gasteiger partial charge is 0.306 e. The highest BCUT2D eigenvalue weighted by Gasteiger charge is 2.19. The van der Waals surface area contributed by atoms with E-state index in [1.165, 1.54) is 0 Å². The first-order valence-electron chi connectivity index (χ1n) is 8.90. The third-order valence-corrected chi connectivity index (χ3v) is 3.62. The summed E-state index contributed by atoms with van der Waals surface area (Å²) >= 11 is 0. The lowest BCUT2D eigenvalue weighted by Gasteiger charge is -2.23. The van der Waals surface area contributed by atoms with Gasteiger partial charge in [-0.05, 0) is 30.1 Å². The van der Waals surface area contributed by atoms with Crippen molar-refractivity contribution in [3.8, 4) is 0 Å². The average Bonchev–Trinajstić information content (AvgIpc) is 2.40. The number of esters is 2. The van der Waals surface area contributed by atoms with Gasteiger partial charge in [0.05, 0.1) is 19.4 Å². The molecule has 4 nitrogen and oxygen atoms in total. The van der Waals surface area contributed by atoms with Crippen LogP contribution >= 0.6 is 0 Å². The predicted molar refractivity (Wildman–Crippen MR) is 93.1 cm³/mol. The fourth-order valence-corrected chi connectivity index (χ4v) is 2.66. The van der Waals surface area contributed by atoms with Gasteiger partial charge in [-0.25, -0.2) is 0 Å². The van der Waals surface area contributed by atoms with Crippen molar-refractivity contribution >= 4 is 11.9 Å². The second kappa shape index (κ2) is 10.7. The Morgan fingerprint density at radius 3 is 2.04 bits per heavy atom. The standard InChI is InChI=1S/C19H36O4/c1-8-9-16(14(2)3)23-18(21)11-10-17(20)22-13-15(4)12-19(5,6)7/h14-16H,8-13H2,1-7H3. The number of rotatable bonds is 10. The van der Waals surface area contributed by atoms with Gasteiger partial charge in [0.25, 0.3) is 0 Å². The lowest BCUT2D eigenvalue weighted by molar-refractivity contribution is -0.156. The molecule has 2 unspecified atom stereocenters. The first kappa shape index (κ1) is 21.9. The molecule has 0 amide bonds. The van der Waals surface area contributed by atoms with Crippen molar-refractivity contribution < 1.29 is 19.1 Å². The molecule has 136 valence electrons. The molecule has 0 radical (unpaired) electrons. The van der Waals surface area contributed by atoms with Crippen LogP contribution in [0.3, 0.4) is 0 Å². The summed E-state index contributed by atoms with van der Waals surface area (Å²) in [5.74, 6) is -0.0129. The molecule has 0 aromatic rings. The van der Waals surface area contributed by atoms with Crippen molar-refractivity contribution in [1.82, 2.24) is 0 Å². The summed E-state index contributed by atoms with van der Waals surface area (Å²) < 4.78 is 10.7. The summed E-state index contributed by atoms with van der Waals surface area (Å²) in [6.07, 6.45) is 2.96. The van der Waals surface area contributed by atoms with Crippen LogP contribution in [0, 0.1) is 17.3 Å². The second-order valence-electron chi connectivity index (χ2n) is 8.11. The molecule has 0 aromatic carbocycles. The lowest BCUT2D eigenvalue weighted by Crippen LogP contribution is -2.24. The third-order valence-electron chi connectivity index (χ3n) is 3.62. The molecule has 0 spiro atoms. The van der Waals surface area contributed by atoms with Gasteiger partial charge in [0, 0.05) is 0 Å². The molecule has 2 atom stereocenters. The van der Waals surface area contributed by atoms with E-state index in [0.717, 1.165) is 19.3 Å². The van der Waals surface area contributed by atoms with Crippen molar-refractivity contribution in [2.24, 2.45) is 17.3 Å². The minimum absolute atomic E-state index is 0.0599. The van der Waals surface area contributed by atoms with Gasteiger partial charge in [-0.2, -0.15) is 0 Å². The van der Waals surface area contributed by atoms with Crippen LogP contribution in [0.4, 0.5) is 0 Å². The van der Waals surface area contributed by atoms with E-state index >= 15 is 0 Å². The van der Waals surface area contributed by atoms with E-state index in [-0.39, 0.29) is 36.3 Å². The van der Waals surface area contributed by atoms with Crippen LogP contribution in [-0.4, -0.2) is 24.6 Å². The monoisotopic (exact) mass is 328 g/mol. The van der Waals surface area contributed by atoms with Crippen LogP contribution in [0.1, 0.15) is 80.6 Å². The van der Waals surface area contributed by atoms with E-state index in [1.54, 1.807) is 0 Å². The fraction of sp³-hybridized carbons (Fsp3) is 0.895. The van der Waals surface area contributed by atoms with Crippen molar-refractivity contribution in [2.45, 2.75) is 86.7 Å². The van der Waals surface area contributed by atoms with Gasteiger partial charge in [-0.3, -0.25) is 9.59 Å². The maximum atomic E-state index is 11.8. The van der Waals surface area contributed by atoms with Crippen LogP contribution in [0.15, 0.2) is 0 Å². The molecule has 0 heterocycles. The van der Waals surface area contributed by atoms with E-state index in [9.17, 15) is 9.59 Å². The van der Waals surface area contributed by atoms with E-state index in [0.29, 0.717) is 18.4 Å². The zero-order chi connectivity index (χ0) is 18.0. The second-order valence-corrected chi connectivity index (χ2v) is 8.11. The van der Waals surface area contributed by atoms with Crippen LogP contribution in [0.5, 0.6) is 0 Å². The molecular formula is C19H36O4. The Hall–Kier alpha value is -1.06. The van der Waals surface area contributed by atoms with Crippen molar-refractivity contribution in [1.29, 1.82) is 0 Å². The Balaban J connectivity index is 4.02. The molecule has 0 N–H and O–H groups in total. The number of carbonyl (C=O) groups excluding carboxylic acids is 2. The molecule has 0 aromatic heterocycles. The number of ether oxygens (including phenoxy) is 2. The van der Waals surface area contributed by atoms with Crippen molar-refractivity contribution in [2.75, 3.05) is 6.61 Å². The molecule has 4 heteroatoms. The zero-order valence-corrected chi connectivity index (χ0v) is 16.1. The van der Waals surface area contributed by atoms with Gasteiger partial charge in [-0.15, -0.1) is 0 Å². The summed E-state index contributed by atoms with van der Waals surface area (Å²) in [5.41, 5.74) is 0.223. The summed E-state index contributed by atoms with van der Waals surface area (Å²) in [6, 6.07) is 0. The van der Waals surface area contributed by atoms with Gasteiger partial charge < -0.3 is 9.47 Å². The minimum Gasteiger partial charge on any atom is -0.465 e. The first-order valence-corrected chi connectivity index (χ1v) is 8.90. The summed E-state index contributed by atoms with van der Waals surface area (Å²) in [7, 11) is 0. The summed E-state index contributed by atoms with van der Waals surface area (Å²) in [4.78, 5) is 23.6. The molecule has 0 bridgehead atoms. The Bertz CT molecular complexity index is 355. The lowest BCUT2D eigenvalue weighted by atomic mass is 9.86. The fourth-order valence-electron chi connectivity index (χ4n) is 2.66. The van der Waals surface area contributed by atoms with Crippen LogP contribution < -0.4 is 0 Å². The first-order chi connectivity index (χ1) is 10.5. The molecule has 0 aliphatic rings. The van der Waals surface area contributed by atoms with Gasteiger partial charge in [0.15, 0.2) is 0 Å². The molecule has 23 heavy (non-hydrogen) atoms.